The molecule has 0 radical (unpaired) electrons. The van der Waals surface area contributed by atoms with Gasteiger partial charge in [-0.05, 0) is 57.9 Å². The van der Waals surface area contributed by atoms with Crippen molar-refractivity contribution in [3.8, 4) is 0 Å². The van der Waals surface area contributed by atoms with E-state index in [9.17, 15) is 14.4 Å². The van der Waals surface area contributed by atoms with E-state index in [2.05, 4.69) is 5.32 Å². The lowest BCUT2D eigenvalue weighted by molar-refractivity contribution is -0.141. The minimum absolute atomic E-state index is 0.251. The molecule has 0 bridgehead atoms. The molecule has 27 heavy (non-hydrogen) atoms. The van der Waals surface area contributed by atoms with E-state index in [0.717, 1.165) is 27.8 Å². The molecule has 1 amide bonds. The first-order valence-electron chi connectivity index (χ1n) is 8.80. The van der Waals surface area contributed by atoms with Gasteiger partial charge in [0.2, 0.25) is 5.78 Å². The van der Waals surface area contributed by atoms with E-state index in [1.165, 1.54) is 0 Å². The molecule has 0 fully saturated rings. The van der Waals surface area contributed by atoms with Gasteiger partial charge in [0.05, 0.1) is 0 Å². The predicted octanol–water partition coefficient (Wildman–Crippen LogP) is 3.38. The van der Waals surface area contributed by atoms with Crippen LogP contribution in [-0.4, -0.2) is 30.8 Å². The zero-order valence-electron chi connectivity index (χ0n) is 16.4. The lowest BCUT2D eigenvalue weighted by Crippen LogP contribution is -2.31. The Labute approximate surface area is 159 Å². The number of hydrogen-bond donors (Lipinski definition) is 1. The maximum Gasteiger partial charge on any atom is 0.325 e. The number of hydrogen-bond acceptors (Lipinski definition) is 4. The highest BCUT2D eigenvalue weighted by atomic mass is 16.5. The number of nitrogens with one attached hydrogen (secondary N) is 1. The minimum atomic E-state index is -0.650. The van der Waals surface area contributed by atoms with Crippen LogP contribution in [0.2, 0.25) is 0 Å². The van der Waals surface area contributed by atoms with Crippen molar-refractivity contribution < 1.29 is 19.1 Å². The molecule has 0 saturated heterocycles. The molecule has 2 aromatic carbocycles. The van der Waals surface area contributed by atoms with Gasteiger partial charge in [0, 0.05) is 11.1 Å². The normalized spacial score (nSPS) is 10.4. The van der Waals surface area contributed by atoms with Crippen LogP contribution in [0.5, 0.6) is 0 Å². The number of carbonyl (C=O) groups excluding carboxylic acids is 3. The highest BCUT2D eigenvalue weighted by Crippen LogP contribution is 2.17. The number of amides is 1. The average Bonchev–Trinajstić information content (AvgIpc) is 2.56. The quantitative estimate of drug-likeness (QED) is 0.627. The number of esters is 1. The summed E-state index contributed by atoms with van der Waals surface area (Å²) in [6.07, 6.45) is 0. The fourth-order valence-corrected chi connectivity index (χ4v) is 3.25. The molecule has 0 atom stereocenters. The van der Waals surface area contributed by atoms with Crippen LogP contribution >= 0.6 is 0 Å². The monoisotopic (exact) mass is 367 g/mol. The number of benzene rings is 2. The van der Waals surface area contributed by atoms with Gasteiger partial charge in [0.25, 0.3) is 5.91 Å². The van der Waals surface area contributed by atoms with E-state index in [1.807, 2.05) is 52.8 Å². The maximum absolute atomic E-state index is 12.4. The molecule has 2 rings (SSSR count). The molecule has 142 valence electrons. The zero-order valence-corrected chi connectivity index (χ0v) is 16.4. The molecule has 0 heterocycles. The van der Waals surface area contributed by atoms with Gasteiger partial charge < -0.3 is 10.1 Å². The predicted molar refractivity (Wildman–Crippen MR) is 104 cm³/mol. The van der Waals surface area contributed by atoms with Crippen molar-refractivity contribution in [1.82, 2.24) is 5.32 Å². The van der Waals surface area contributed by atoms with Gasteiger partial charge in [0.15, 0.2) is 6.61 Å². The molecule has 0 saturated carbocycles. The minimum Gasteiger partial charge on any atom is -0.456 e. The Hall–Kier alpha value is -2.95. The number of Topliss-reactive ketones (excluding diaryl/α,β-unsaturated/α-hetero) is 1. The Balaban J connectivity index is 1.89. The third-order valence-corrected chi connectivity index (χ3v) is 4.20. The molecule has 0 aliphatic rings. The van der Waals surface area contributed by atoms with Crippen LogP contribution in [0, 0.1) is 34.6 Å². The molecule has 0 spiro atoms. The van der Waals surface area contributed by atoms with Crippen molar-refractivity contribution in [3.63, 3.8) is 0 Å². The Morgan fingerprint density at radius 1 is 0.815 bits per heavy atom. The summed E-state index contributed by atoms with van der Waals surface area (Å²) in [7, 11) is 0. The fourth-order valence-electron chi connectivity index (χ4n) is 3.25. The summed E-state index contributed by atoms with van der Waals surface area (Å²) in [4.78, 5) is 36.4. The second-order valence-electron chi connectivity index (χ2n) is 6.92. The van der Waals surface area contributed by atoms with Crippen molar-refractivity contribution >= 4 is 17.7 Å². The van der Waals surface area contributed by atoms with Gasteiger partial charge in [-0.15, -0.1) is 0 Å². The summed E-state index contributed by atoms with van der Waals surface area (Å²) in [5.41, 5.74) is 5.80. The van der Waals surface area contributed by atoms with Crippen LogP contribution < -0.4 is 5.32 Å². The van der Waals surface area contributed by atoms with Crippen molar-refractivity contribution in [3.05, 3.63) is 69.3 Å². The zero-order chi connectivity index (χ0) is 20.1. The van der Waals surface area contributed by atoms with E-state index in [-0.39, 0.29) is 24.8 Å². The smallest absolute Gasteiger partial charge is 0.325 e. The third-order valence-electron chi connectivity index (χ3n) is 4.20. The summed E-state index contributed by atoms with van der Waals surface area (Å²) < 4.78 is 5.03. The van der Waals surface area contributed by atoms with Crippen LogP contribution in [0.3, 0.4) is 0 Å². The Bertz CT molecular complexity index is 856. The van der Waals surface area contributed by atoms with Gasteiger partial charge in [-0.2, -0.15) is 0 Å². The van der Waals surface area contributed by atoms with Gasteiger partial charge in [0.1, 0.15) is 6.54 Å². The van der Waals surface area contributed by atoms with Crippen LogP contribution in [0.25, 0.3) is 0 Å². The highest BCUT2D eigenvalue weighted by Gasteiger charge is 2.16. The highest BCUT2D eigenvalue weighted by molar-refractivity contribution is 6.01. The van der Waals surface area contributed by atoms with Crippen LogP contribution in [0.1, 0.15) is 48.5 Å². The van der Waals surface area contributed by atoms with Crippen molar-refractivity contribution in [2.75, 3.05) is 13.2 Å². The van der Waals surface area contributed by atoms with E-state index in [4.69, 9.17) is 4.74 Å². The largest absolute Gasteiger partial charge is 0.456 e. The average molecular weight is 367 g/mol. The summed E-state index contributed by atoms with van der Waals surface area (Å²) in [6.45, 7) is 8.86. The number of ether oxygens (including phenoxy) is 1. The molecule has 1 N–H and O–H groups in total. The van der Waals surface area contributed by atoms with Gasteiger partial charge in [-0.3, -0.25) is 14.4 Å². The second-order valence-corrected chi connectivity index (χ2v) is 6.92. The molecule has 0 aliphatic carbocycles. The fraction of sp³-hybridized carbons (Fsp3) is 0.318. The number of ketones is 1. The molecule has 0 unspecified atom stereocenters. The van der Waals surface area contributed by atoms with Gasteiger partial charge >= 0.3 is 5.97 Å². The first-order chi connectivity index (χ1) is 12.7. The number of carbonyl (C=O) groups is 3. The lowest BCUT2D eigenvalue weighted by Gasteiger charge is -2.11. The van der Waals surface area contributed by atoms with Crippen LogP contribution in [0.4, 0.5) is 0 Å². The summed E-state index contributed by atoms with van der Waals surface area (Å²) >= 11 is 0. The van der Waals surface area contributed by atoms with E-state index in [1.54, 1.807) is 12.1 Å². The SMILES string of the molecule is Cc1cc(C)cc(C(=O)NCC(=O)OCC(=O)c2c(C)cc(C)cc2C)c1. The van der Waals surface area contributed by atoms with Crippen molar-refractivity contribution in [1.29, 1.82) is 0 Å². The van der Waals surface area contributed by atoms with Gasteiger partial charge in [-0.1, -0.05) is 34.9 Å². The molecule has 2 aromatic rings. The lowest BCUT2D eigenvalue weighted by atomic mass is 9.97. The molecule has 0 aliphatic heterocycles. The maximum atomic E-state index is 12.4. The summed E-state index contributed by atoms with van der Waals surface area (Å²) in [5, 5.41) is 2.52. The second kappa shape index (κ2) is 8.62. The van der Waals surface area contributed by atoms with E-state index in [0.29, 0.717) is 11.1 Å². The van der Waals surface area contributed by atoms with Crippen LogP contribution in [0.15, 0.2) is 30.3 Å². The van der Waals surface area contributed by atoms with Crippen molar-refractivity contribution in [2.24, 2.45) is 0 Å². The molecule has 0 aromatic heterocycles. The van der Waals surface area contributed by atoms with E-state index >= 15 is 0 Å². The molecule has 5 heteroatoms. The van der Waals surface area contributed by atoms with Crippen molar-refractivity contribution in [2.45, 2.75) is 34.6 Å². The molecular formula is C22H25NO4. The third kappa shape index (κ3) is 5.51. The van der Waals surface area contributed by atoms with Gasteiger partial charge in [-0.25, -0.2) is 0 Å². The standard InChI is InChI=1S/C22H25NO4/c1-13-6-14(2)10-18(9-13)22(26)23-11-20(25)27-12-19(24)21-16(4)7-15(3)8-17(21)5/h6-10H,11-12H2,1-5H3,(H,23,26). The molecule has 5 nitrogen and oxygen atoms in total. The molecular weight excluding hydrogens is 342 g/mol. The van der Waals surface area contributed by atoms with Crippen LogP contribution in [-0.2, 0) is 9.53 Å². The Kier molecular flexibility index (Phi) is 6.50. The topological polar surface area (TPSA) is 72.5 Å². The number of rotatable bonds is 6. The van der Waals surface area contributed by atoms with E-state index < -0.39 is 5.97 Å². The Morgan fingerprint density at radius 2 is 1.33 bits per heavy atom. The summed E-state index contributed by atoms with van der Waals surface area (Å²) in [6, 6.07) is 9.31. The summed E-state index contributed by atoms with van der Waals surface area (Å²) in [5.74, 6) is -1.25. The first kappa shape index (κ1) is 20.4. The first-order valence-corrected chi connectivity index (χ1v) is 8.80. The Morgan fingerprint density at radius 3 is 1.89 bits per heavy atom. The number of aryl methyl sites for hydroxylation is 5.